The zero-order valence-corrected chi connectivity index (χ0v) is 15.7. The summed E-state index contributed by atoms with van der Waals surface area (Å²) in [6, 6.07) is 11.9. The van der Waals surface area contributed by atoms with Gasteiger partial charge in [0.1, 0.15) is 5.75 Å². The molecule has 0 N–H and O–H groups in total. The lowest BCUT2D eigenvalue weighted by Crippen LogP contribution is -2.26. The Morgan fingerprint density at radius 2 is 1.60 bits per heavy atom. The van der Waals surface area contributed by atoms with Crippen LogP contribution in [0.4, 0.5) is 0 Å². The van der Waals surface area contributed by atoms with Crippen LogP contribution in [0, 0.1) is 0 Å². The Morgan fingerprint density at radius 1 is 0.960 bits per heavy atom. The average molecular weight is 365 g/mol. The molecule has 2 aromatic rings. The third-order valence-electron chi connectivity index (χ3n) is 3.70. The van der Waals surface area contributed by atoms with Crippen LogP contribution in [0.2, 0.25) is 0 Å². The Hall–Kier alpha value is -2.25. The van der Waals surface area contributed by atoms with Gasteiger partial charge in [0.2, 0.25) is 10.0 Å². The highest BCUT2D eigenvalue weighted by Crippen LogP contribution is 2.30. The molecule has 0 amide bonds. The minimum absolute atomic E-state index is 0.151. The summed E-state index contributed by atoms with van der Waals surface area (Å²) in [4.78, 5) is 0.151. The molecular weight excluding hydrogens is 342 g/mol. The molecule has 25 heavy (non-hydrogen) atoms. The van der Waals surface area contributed by atoms with Crippen molar-refractivity contribution < 1.29 is 22.6 Å². The van der Waals surface area contributed by atoms with Gasteiger partial charge in [-0.25, -0.2) is 8.42 Å². The normalized spacial score (nSPS) is 11.4. The third-order valence-corrected chi connectivity index (χ3v) is 5.50. The van der Waals surface area contributed by atoms with E-state index in [-0.39, 0.29) is 11.4 Å². The molecule has 0 unspecified atom stereocenters. The fourth-order valence-electron chi connectivity index (χ4n) is 2.36. The summed E-state index contributed by atoms with van der Waals surface area (Å²) in [5.41, 5.74) is 0.870. The van der Waals surface area contributed by atoms with Gasteiger partial charge in [0.25, 0.3) is 0 Å². The van der Waals surface area contributed by atoms with Crippen LogP contribution in [0.25, 0.3) is 0 Å². The molecule has 0 radical (unpaired) electrons. The second kappa shape index (κ2) is 8.22. The molecule has 0 spiro atoms. The second-order valence-electron chi connectivity index (χ2n) is 5.35. The fraction of sp³-hybridized carbons (Fsp3) is 0.333. The predicted octanol–water partition coefficient (Wildman–Crippen LogP) is 2.92. The summed E-state index contributed by atoms with van der Waals surface area (Å²) in [7, 11) is 0.870. The lowest BCUT2D eigenvalue weighted by molar-refractivity contribution is 0.340. The molecule has 0 aliphatic rings. The van der Waals surface area contributed by atoms with Crippen LogP contribution in [-0.2, 0) is 16.6 Å². The van der Waals surface area contributed by atoms with Crippen LogP contribution in [0.15, 0.2) is 47.4 Å². The molecule has 0 saturated heterocycles. The molecule has 0 heterocycles. The van der Waals surface area contributed by atoms with Crippen molar-refractivity contribution in [3.05, 3.63) is 48.0 Å². The van der Waals surface area contributed by atoms with Gasteiger partial charge in [-0.3, -0.25) is 0 Å². The van der Waals surface area contributed by atoms with Gasteiger partial charge in [0, 0.05) is 19.7 Å². The Morgan fingerprint density at radius 3 is 2.16 bits per heavy atom. The standard InChI is InChI=1S/C18H23NO5S/c1-5-24-15-8-6-14(7-9-15)13-19(2)25(20,21)16-10-11-17(22-3)18(12-16)23-4/h6-12H,5,13H2,1-4H3. The molecule has 0 aliphatic carbocycles. The molecule has 0 bridgehead atoms. The third kappa shape index (κ3) is 4.43. The lowest BCUT2D eigenvalue weighted by atomic mass is 10.2. The molecular formula is C18H23NO5S. The van der Waals surface area contributed by atoms with E-state index in [0.717, 1.165) is 11.3 Å². The van der Waals surface area contributed by atoms with Gasteiger partial charge in [-0.05, 0) is 36.8 Å². The van der Waals surface area contributed by atoms with Gasteiger partial charge < -0.3 is 14.2 Å². The van der Waals surface area contributed by atoms with E-state index < -0.39 is 10.0 Å². The van der Waals surface area contributed by atoms with E-state index in [1.54, 1.807) is 13.1 Å². The lowest BCUT2D eigenvalue weighted by Gasteiger charge is -2.18. The zero-order valence-electron chi connectivity index (χ0n) is 14.9. The molecule has 2 aromatic carbocycles. The maximum atomic E-state index is 12.8. The van der Waals surface area contributed by atoms with Gasteiger partial charge in [-0.2, -0.15) is 4.31 Å². The van der Waals surface area contributed by atoms with Gasteiger partial charge in [-0.15, -0.1) is 0 Å². The number of benzene rings is 2. The van der Waals surface area contributed by atoms with Crippen molar-refractivity contribution in [2.24, 2.45) is 0 Å². The van der Waals surface area contributed by atoms with E-state index >= 15 is 0 Å². The van der Waals surface area contributed by atoms with Crippen molar-refractivity contribution in [3.63, 3.8) is 0 Å². The molecule has 6 nitrogen and oxygen atoms in total. The van der Waals surface area contributed by atoms with Crippen molar-refractivity contribution in [1.82, 2.24) is 4.31 Å². The minimum atomic E-state index is -3.65. The first-order valence-electron chi connectivity index (χ1n) is 7.82. The number of methoxy groups -OCH3 is 2. The van der Waals surface area contributed by atoms with Gasteiger partial charge in [0.05, 0.1) is 25.7 Å². The first-order chi connectivity index (χ1) is 11.9. The van der Waals surface area contributed by atoms with Crippen molar-refractivity contribution in [2.75, 3.05) is 27.9 Å². The monoisotopic (exact) mass is 365 g/mol. The summed E-state index contributed by atoms with van der Waals surface area (Å²) in [5, 5.41) is 0. The largest absolute Gasteiger partial charge is 0.494 e. The summed E-state index contributed by atoms with van der Waals surface area (Å²) >= 11 is 0. The molecule has 2 rings (SSSR count). The smallest absolute Gasteiger partial charge is 0.243 e. The Kier molecular flexibility index (Phi) is 6.27. The fourth-order valence-corrected chi connectivity index (χ4v) is 3.53. The van der Waals surface area contributed by atoms with Crippen molar-refractivity contribution in [2.45, 2.75) is 18.4 Å². The SMILES string of the molecule is CCOc1ccc(CN(C)S(=O)(=O)c2ccc(OC)c(OC)c2)cc1. The average Bonchev–Trinajstić information content (AvgIpc) is 2.62. The summed E-state index contributed by atoms with van der Waals surface area (Å²) in [6.45, 7) is 2.76. The maximum Gasteiger partial charge on any atom is 0.243 e. The number of hydrogen-bond acceptors (Lipinski definition) is 5. The van der Waals surface area contributed by atoms with Crippen LogP contribution >= 0.6 is 0 Å². The number of hydrogen-bond donors (Lipinski definition) is 0. The topological polar surface area (TPSA) is 65.1 Å². The number of sulfonamides is 1. The highest BCUT2D eigenvalue weighted by molar-refractivity contribution is 7.89. The van der Waals surface area contributed by atoms with Crippen molar-refractivity contribution in [3.8, 4) is 17.2 Å². The van der Waals surface area contributed by atoms with Gasteiger partial charge in [0.15, 0.2) is 11.5 Å². The van der Waals surface area contributed by atoms with Crippen molar-refractivity contribution >= 4 is 10.0 Å². The molecule has 0 saturated carbocycles. The van der Waals surface area contributed by atoms with E-state index in [2.05, 4.69) is 0 Å². The van der Waals surface area contributed by atoms with Crippen LogP contribution < -0.4 is 14.2 Å². The molecule has 0 fully saturated rings. The van der Waals surface area contributed by atoms with E-state index in [1.165, 1.54) is 30.7 Å². The predicted molar refractivity (Wildman–Crippen MR) is 95.8 cm³/mol. The van der Waals surface area contributed by atoms with Crippen LogP contribution in [0.5, 0.6) is 17.2 Å². The summed E-state index contributed by atoms with van der Waals surface area (Å²) in [6.07, 6.45) is 0. The number of rotatable bonds is 8. The molecule has 136 valence electrons. The molecule has 0 aromatic heterocycles. The van der Waals surface area contributed by atoms with Crippen molar-refractivity contribution in [1.29, 1.82) is 0 Å². The Balaban J connectivity index is 2.20. The second-order valence-corrected chi connectivity index (χ2v) is 7.40. The first-order valence-corrected chi connectivity index (χ1v) is 9.26. The van der Waals surface area contributed by atoms with E-state index in [0.29, 0.717) is 18.1 Å². The molecule has 0 atom stereocenters. The molecule has 0 aliphatic heterocycles. The van der Waals surface area contributed by atoms with Gasteiger partial charge in [-0.1, -0.05) is 12.1 Å². The van der Waals surface area contributed by atoms with Gasteiger partial charge >= 0.3 is 0 Å². The highest BCUT2D eigenvalue weighted by Gasteiger charge is 2.22. The van der Waals surface area contributed by atoms with Crippen LogP contribution in [0.1, 0.15) is 12.5 Å². The quantitative estimate of drug-likeness (QED) is 0.720. The minimum Gasteiger partial charge on any atom is -0.494 e. The van der Waals surface area contributed by atoms with E-state index in [4.69, 9.17) is 14.2 Å². The van der Waals surface area contributed by atoms with Crippen LogP contribution in [-0.4, -0.2) is 40.6 Å². The molecule has 7 heteroatoms. The Labute approximate surface area is 149 Å². The van der Waals surface area contributed by atoms with E-state index in [1.807, 2.05) is 31.2 Å². The Bertz CT molecular complexity index is 803. The first kappa shape index (κ1) is 19.1. The summed E-state index contributed by atoms with van der Waals surface area (Å²) in [5.74, 6) is 1.62. The number of ether oxygens (including phenoxy) is 3. The van der Waals surface area contributed by atoms with Crippen LogP contribution in [0.3, 0.4) is 0 Å². The highest BCUT2D eigenvalue weighted by atomic mass is 32.2. The van der Waals surface area contributed by atoms with E-state index in [9.17, 15) is 8.42 Å². The zero-order chi connectivity index (χ0) is 18.4. The maximum absolute atomic E-state index is 12.8. The summed E-state index contributed by atoms with van der Waals surface area (Å²) < 4.78 is 42.6. The number of nitrogens with zero attached hydrogens (tertiary/aromatic N) is 1.